The molecule has 2 N–H and O–H groups in total. The van der Waals surface area contributed by atoms with Crippen molar-refractivity contribution in [2.24, 2.45) is 11.7 Å². The zero-order valence-corrected chi connectivity index (χ0v) is 12.7. The largest absolute Gasteiger partial charge is 0.496 e. The predicted octanol–water partition coefficient (Wildman–Crippen LogP) is 3.78. The Kier molecular flexibility index (Phi) is 6.58. The lowest BCUT2D eigenvalue weighted by Crippen LogP contribution is -2.15. The first-order chi connectivity index (χ1) is 8.58. The summed E-state index contributed by atoms with van der Waals surface area (Å²) in [5.74, 6) is 3.79. The van der Waals surface area contributed by atoms with E-state index in [0.29, 0.717) is 0 Å². The number of hydrogen-bond donors (Lipinski definition) is 1. The first-order valence-corrected chi connectivity index (χ1v) is 7.71. The van der Waals surface area contributed by atoms with Crippen molar-refractivity contribution < 1.29 is 4.74 Å². The molecule has 0 aliphatic carbocycles. The minimum absolute atomic E-state index is 0.0499. The molecule has 1 rings (SSSR count). The summed E-state index contributed by atoms with van der Waals surface area (Å²) in [5.41, 5.74) is 8.62. The Balaban J connectivity index is 2.60. The highest BCUT2D eigenvalue weighted by Gasteiger charge is 2.12. The molecule has 0 aliphatic rings. The number of benzene rings is 1. The van der Waals surface area contributed by atoms with E-state index in [1.807, 2.05) is 17.8 Å². The standard InChI is InChI=1S/C15H25NOS/c1-5-11(2)9-18-10-14(16)13-8-12(3)6-7-15(13)17-4/h6-8,11,14H,5,9-10,16H2,1-4H3. The summed E-state index contributed by atoms with van der Waals surface area (Å²) < 4.78 is 5.38. The van der Waals surface area contributed by atoms with Crippen molar-refractivity contribution in [2.45, 2.75) is 33.2 Å². The van der Waals surface area contributed by atoms with Crippen LogP contribution in [0.4, 0.5) is 0 Å². The highest BCUT2D eigenvalue weighted by molar-refractivity contribution is 7.99. The van der Waals surface area contributed by atoms with E-state index in [-0.39, 0.29) is 6.04 Å². The number of nitrogens with two attached hydrogens (primary N) is 1. The molecule has 0 heterocycles. The van der Waals surface area contributed by atoms with Gasteiger partial charge in [-0.25, -0.2) is 0 Å². The van der Waals surface area contributed by atoms with Gasteiger partial charge in [-0.15, -0.1) is 0 Å². The van der Waals surface area contributed by atoms with Gasteiger partial charge in [-0.1, -0.05) is 38.0 Å². The summed E-state index contributed by atoms with van der Waals surface area (Å²) >= 11 is 1.93. The van der Waals surface area contributed by atoms with E-state index in [1.54, 1.807) is 7.11 Å². The monoisotopic (exact) mass is 267 g/mol. The number of rotatable bonds is 7. The Hall–Kier alpha value is -0.670. The molecule has 0 bridgehead atoms. The molecule has 102 valence electrons. The molecule has 0 radical (unpaired) electrons. The average Bonchev–Trinajstić information content (AvgIpc) is 2.38. The summed E-state index contributed by atoms with van der Waals surface area (Å²) in [5, 5.41) is 0. The molecule has 1 aromatic rings. The highest BCUT2D eigenvalue weighted by atomic mass is 32.2. The molecule has 18 heavy (non-hydrogen) atoms. The second kappa shape index (κ2) is 7.70. The van der Waals surface area contributed by atoms with E-state index in [1.165, 1.54) is 17.7 Å². The van der Waals surface area contributed by atoms with Crippen LogP contribution < -0.4 is 10.5 Å². The normalized spacial score (nSPS) is 14.3. The Morgan fingerprint density at radius 2 is 2.06 bits per heavy atom. The zero-order chi connectivity index (χ0) is 13.5. The lowest BCUT2D eigenvalue weighted by atomic mass is 10.1. The maximum atomic E-state index is 6.27. The minimum atomic E-state index is 0.0499. The summed E-state index contributed by atoms with van der Waals surface area (Å²) in [6.07, 6.45) is 1.23. The van der Waals surface area contributed by atoms with Gasteiger partial charge in [0.15, 0.2) is 0 Å². The first kappa shape index (κ1) is 15.4. The van der Waals surface area contributed by atoms with Crippen LogP contribution in [0.1, 0.15) is 37.4 Å². The fourth-order valence-corrected chi connectivity index (χ4v) is 2.96. The topological polar surface area (TPSA) is 35.2 Å². The molecule has 2 atom stereocenters. The number of aryl methyl sites for hydroxylation is 1. The van der Waals surface area contributed by atoms with Crippen LogP contribution in [0.2, 0.25) is 0 Å². The zero-order valence-electron chi connectivity index (χ0n) is 11.9. The molecule has 2 nitrogen and oxygen atoms in total. The molecule has 0 saturated carbocycles. The number of hydrogen-bond acceptors (Lipinski definition) is 3. The van der Waals surface area contributed by atoms with Crippen molar-refractivity contribution >= 4 is 11.8 Å². The van der Waals surface area contributed by atoms with Crippen molar-refractivity contribution in [1.29, 1.82) is 0 Å². The van der Waals surface area contributed by atoms with Gasteiger partial charge in [0.2, 0.25) is 0 Å². The third-order valence-electron chi connectivity index (χ3n) is 3.18. The van der Waals surface area contributed by atoms with Gasteiger partial charge < -0.3 is 10.5 Å². The molecule has 2 unspecified atom stereocenters. The third-order valence-corrected chi connectivity index (χ3v) is 4.58. The lowest BCUT2D eigenvalue weighted by molar-refractivity contribution is 0.407. The smallest absolute Gasteiger partial charge is 0.123 e. The maximum absolute atomic E-state index is 6.27. The fraction of sp³-hybridized carbons (Fsp3) is 0.600. The summed E-state index contributed by atoms with van der Waals surface area (Å²) in [6.45, 7) is 6.60. The summed E-state index contributed by atoms with van der Waals surface area (Å²) in [4.78, 5) is 0. The Morgan fingerprint density at radius 3 is 2.67 bits per heavy atom. The van der Waals surface area contributed by atoms with Crippen LogP contribution in [0.25, 0.3) is 0 Å². The molecule has 0 saturated heterocycles. The first-order valence-electron chi connectivity index (χ1n) is 6.56. The molecular weight excluding hydrogens is 242 g/mol. The molecule has 0 aliphatic heterocycles. The van der Waals surface area contributed by atoms with Crippen LogP contribution in [0.3, 0.4) is 0 Å². The van der Waals surface area contributed by atoms with Crippen molar-refractivity contribution in [3.63, 3.8) is 0 Å². The van der Waals surface area contributed by atoms with E-state index in [0.717, 1.165) is 23.0 Å². The van der Waals surface area contributed by atoms with Crippen LogP contribution >= 0.6 is 11.8 Å². The van der Waals surface area contributed by atoms with E-state index >= 15 is 0 Å². The van der Waals surface area contributed by atoms with Crippen LogP contribution in [0, 0.1) is 12.8 Å². The molecule has 3 heteroatoms. The van der Waals surface area contributed by atoms with Crippen LogP contribution in [0.15, 0.2) is 18.2 Å². The van der Waals surface area contributed by atoms with Gasteiger partial charge in [0.05, 0.1) is 7.11 Å². The second-order valence-corrected chi connectivity index (χ2v) is 5.98. The molecule has 0 fully saturated rings. The Morgan fingerprint density at radius 1 is 1.33 bits per heavy atom. The molecular formula is C15H25NOS. The number of methoxy groups -OCH3 is 1. The Labute approximate surface area is 115 Å². The van der Waals surface area contributed by atoms with E-state index < -0.39 is 0 Å². The van der Waals surface area contributed by atoms with Gasteiger partial charge in [0, 0.05) is 17.4 Å². The molecule has 1 aromatic carbocycles. The van der Waals surface area contributed by atoms with Gasteiger partial charge in [0.1, 0.15) is 5.75 Å². The van der Waals surface area contributed by atoms with E-state index in [4.69, 9.17) is 10.5 Å². The summed E-state index contributed by atoms with van der Waals surface area (Å²) in [6, 6.07) is 6.24. The molecule has 0 amide bonds. The number of thioether (sulfide) groups is 1. The quantitative estimate of drug-likeness (QED) is 0.816. The summed E-state index contributed by atoms with van der Waals surface area (Å²) in [7, 11) is 1.70. The second-order valence-electron chi connectivity index (χ2n) is 4.90. The van der Waals surface area contributed by atoms with Gasteiger partial charge in [-0.05, 0) is 24.7 Å². The van der Waals surface area contributed by atoms with Crippen molar-refractivity contribution in [2.75, 3.05) is 18.6 Å². The van der Waals surface area contributed by atoms with Crippen LogP contribution in [-0.4, -0.2) is 18.6 Å². The predicted molar refractivity (Wildman–Crippen MR) is 81.4 cm³/mol. The lowest BCUT2D eigenvalue weighted by Gasteiger charge is -2.17. The van der Waals surface area contributed by atoms with Crippen LogP contribution in [0.5, 0.6) is 5.75 Å². The number of ether oxygens (including phenoxy) is 1. The third kappa shape index (κ3) is 4.54. The van der Waals surface area contributed by atoms with Gasteiger partial charge >= 0.3 is 0 Å². The Bertz CT molecular complexity index is 368. The van der Waals surface area contributed by atoms with E-state index in [2.05, 4.69) is 32.9 Å². The van der Waals surface area contributed by atoms with Crippen molar-refractivity contribution in [3.05, 3.63) is 29.3 Å². The highest BCUT2D eigenvalue weighted by Crippen LogP contribution is 2.27. The fourth-order valence-electron chi connectivity index (χ4n) is 1.75. The van der Waals surface area contributed by atoms with Gasteiger partial charge in [-0.2, -0.15) is 11.8 Å². The van der Waals surface area contributed by atoms with Gasteiger partial charge in [0.25, 0.3) is 0 Å². The van der Waals surface area contributed by atoms with E-state index in [9.17, 15) is 0 Å². The molecule has 0 spiro atoms. The van der Waals surface area contributed by atoms with Crippen LogP contribution in [-0.2, 0) is 0 Å². The maximum Gasteiger partial charge on any atom is 0.123 e. The van der Waals surface area contributed by atoms with Crippen molar-refractivity contribution in [3.8, 4) is 5.75 Å². The van der Waals surface area contributed by atoms with Gasteiger partial charge in [-0.3, -0.25) is 0 Å². The SMILES string of the molecule is CCC(C)CSCC(N)c1cc(C)ccc1OC. The minimum Gasteiger partial charge on any atom is -0.496 e. The molecule has 0 aromatic heterocycles. The average molecular weight is 267 g/mol. The van der Waals surface area contributed by atoms with Crippen molar-refractivity contribution in [1.82, 2.24) is 0 Å².